The molecule has 0 aliphatic heterocycles. The molecular formula is C10H14ClN3O3. The predicted molar refractivity (Wildman–Crippen MR) is 64.2 cm³/mol. The lowest BCUT2D eigenvalue weighted by Gasteiger charge is -2.09. The third kappa shape index (κ3) is 4.07. The van der Waals surface area contributed by atoms with Crippen LogP contribution in [0.3, 0.4) is 0 Å². The molecule has 0 radical (unpaired) electrons. The fourth-order valence-corrected chi connectivity index (χ4v) is 1.43. The number of carbonyl (C=O) groups is 1. The first-order chi connectivity index (χ1) is 7.90. The quantitative estimate of drug-likeness (QED) is 0.805. The average molecular weight is 260 g/mol. The van der Waals surface area contributed by atoms with Crippen molar-refractivity contribution in [2.75, 3.05) is 0 Å². The molecule has 0 fully saturated rings. The molecule has 1 aromatic heterocycles. The van der Waals surface area contributed by atoms with Crippen LogP contribution in [0, 0.1) is 0 Å². The van der Waals surface area contributed by atoms with Gasteiger partial charge in [0.05, 0.1) is 0 Å². The molecule has 2 N–H and O–H groups in total. The largest absolute Gasteiger partial charge is 0.354 e. The number of carbonyl (C=O) groups excluding carboxylic acids is 1. The van der Waals surface area contributed by atoms with E-state index in [0.29, 0.717) is 0 Å². The summed E-state index contributed by atoms with van der Waals surface area (Å²) in [5.74, 6) is -0.158. The molecule has 0 aliphatic rings. The van der Waals surface area contributed by atoms with E-state index in [9.17, 15) is 14.4 Å². The highest BCUT2D eigenvalue weighted by Crippen LogP contribution is 1.96. The summed E-state index contributed by atoms with van der Waals surface area (Å²) in [6.07, 6.45) is 1.38. The third-order valence-electron chi connectivity index (χ3n) is 2.00. The van der Waals surface area contributed by atoms with Gasteiger partial charge in [0, 0.05) is 25.2 Å². The summed E-state index contributed by atoms with van der Waals surface area (Å²) in [6.45, 7) is 3.87. The van der Waals surface area contributed by atoms with Crippen LogP contribution >= 0.6 is 11.6 Å². The summed E-state index contributed by atoms with van der Waals surface area (Å²) >= 11 is 5.58. The lowest BCUT2D eigenvalue weighted by molar-refractivity contribution is -0.121. The van der Waals surface area contributed by atoms with Gasteiger partial charge in [-0.05, 0) is 13.8 Å². The molecule has 0 unspecified atom stereocenters. The normalized spacial score (nSPS) is 10.6. The van der Waals surface area contributed by atoms with Gasteiger partial charge in [0.2, 0.25) is 5.91 Å². The third-order valence-corrected chi connectivity index (χ3v) is 2.27. The van der Waals surface area contributed by atoms with Gasteiger partial charge in [0.1, 0.15) is 5.02 Å². The van der Waals surface area contributed by atoms with Crippen molar-refractivity contribution in [3.8, 4) is 0 Å². The van der Waals surface area contributed by atoms with E-state index in [1.807, 2.05) is 13.8 Å². The van der Waals surface area contributed by atoms with Gasteiger partial charge in [0.15, 0.2) is 0 Å². The topological polar surface area (TPSA) is 84.0 Å². The Balaban J connectivity index is 2.70. The zero-order chi connectivity index (χ0) is 13.0. The van der Waals surface area contributed by atoms with Crippen molar-refractivity contribution in [2.45, 2.75) is 32.9 Å². The van der Waals surface area contributed by atoms with Gasteiger partial charge in [-0.3, -0.25) is 19.1 Å². The van der Waals surface area contributed by atoms with Crippen molar-refractivity contribution in [3.05, 3.63) is 32.1 Å². The first-order valence-corrected chi connectivity index (χ1v) is 5.56. The zero-order valence-electron chi connectivity index (χ0n) is 9.62. The van der Waals surface area contributed by atoms with E-state index in [1.165, 1.54) is 10.8 Å². The molecule has 0 aliphatic carbocycles. The number of nitrogens with zero attached hydrogens (tertiary/aromatic N) is 1. The maximum absolute atomic E-state index is 11.4. The van der Waals surface area contributed by atoms with Crippen LogP contribution < -0.4 is 16.6 Å². The van der Waals surface area contributed by atoms with Crippen molar-refractivity contribution in [1.29, 1.82) is 0 Å². The van der Waals surface area contributed by atoms with Crippen LogP contribution in [0.15, 0.2) is 15.8 Å². The Labute approximate surface area is 103 Å². The van der Waals surface area contributed by atoms with Gasteiger partial charge in [0.25, 0.3) is 5.56 Å². The molecule has 7 heteroatoms. The van der Waals surface area contributed by atoms with Gasteiger partial charge in [-0.25, -0.2) is 4.79 Å². The van der Waals surface area contributed by atoms with E-state index < -0.39 is 11.2 Å². The SMILES string of the molecule is CC(C)NC(=O)CCn1cc(Cl)c(=O)[nH]c1=O. The molecule has 0 spiro atoms. The summed E-state index contributed by atoms with van der Waals surface area (Å²) in [7, 11) is 0. The maximum Gasteiger partial charge on any atom is 0.328 e. The summed E-state index contributed by atoms with van der Waals surface area (Å²) in [5.41, 5.74) is -1.20. The number of hydrogen-bond donors (Lipinski definition) is 2. The number of hydrogen-bond acceptors (Lipinski definition) is 3. The van der Waals surface area contributed by atoms with E-state index in [2.05, 4.69) is 10.3 Å². The minimum atomic E-state index is -0.625. The lowest BCUT2D eigenvalue weighted by atomic mass is 10.3. The molecule has 17 heavy (non-hydrogen) atoms. The highest BCUT2D eigenvalue weighted by molar-refractivity contribution is 6.30. The number of aromatic nitrogens is 2. The van der Waals surface area contributed by atoms with E-state index in [-0.39, 0.29) is 29.9 Å². The van der Waals surface area contributed by atoms with Gasteiger partial charge < -0.3 is 5.32 Å². The second-order valence-electron chi connectivity index (χ2n) is 3.90. The van der Waals surface area contributed by atoms with Crippen LogP contribution in [-0.2, 0) is 11.3 Å². The van der Waals surface area contributed by atoms with Crippen molar-refractivity contribution in [3.63, 3.8) is 0 Å². The number of nitrogens with one attached hydrogen (secondary N) is 2. The molecule has 1 heterocycles. The first kappa shape index (κ1) is 13.5. The maximum atomic E-state index is 11.4. The summed E-state index contributed by atoms with van der Waals surface area (Å²) < 4.78 is 1.20. The molecule has 0 bridgehead atoms. The Morgan fingerprint density at radius 3 is 2.76 bits per heavy atom. The fourth-order valence-electron chi connectivity index (χ4n) is 1.26. The monoisotopic (exact) mass is 259 g/mol. The first-order valence-electron chi connectivity index (χ1n) is 5.18. The van der Waals surface area contributed by atoms with Crippen molar-refractivity contribution >= 4 is 17.5 Å². The Kier molecular flexibility index (Phi) is 4.51. The molecular weight excluding hydrogens is 246 g/mol. The Morgan fingerprint density at radius 2 is 2.18 bits per heavy atom. The number of aromatic amines is 1. The highest BCUT2D eigenvalue weighted by atomic mass is 35.5. The van der Waals surface area contributed by atoms with Gasteiger partial charge in [-0.2, -0.15) is 0 Å². The second-order valence-corrected chi connectivity index (χ2v) is 4.31. The minimum absolute atomic E-state index is 0.0541. The molecule has 0 aromatic carbocycles. The number of aryl methyl sites for hydroxylation is 1. The lowest BCUT2D eigenvalue weighted by Crippen LogP contribution is -2.34. The number of halogens is 1. The van der Waals surface area contributed by atoms with Crippen LogP contribution in [-0.4, -0.2) is 21.5 Å². The van der Waals surface area contributed by atoms with Crippen molar-refractivity contribution in [1.82, 2.24) is 14.9 Å². The van der Waals surface area contributed by atoms with Crippen LogP contribution in [0.5, 0.6) is 0 Å². The Hall–Kier alpha value is -1.56. The smallest absolute Gasteiger partial charge is 0.328 e. The standard InChI is InChI=1S/C10H14ClN3O3/c1-6(2)12-8(15)3-4-14-5-7(11)9(16)13-10(14)17/h5-6H,3-4H2,1-2H3,(H,12,15)(H,13,16,17). The van der Waals surface area contributed by atoms with E-state index >= 15 is 0 Å². The molecule has 0 saturated heterocycles. The molecule has 1 rings (SSSR count). The number of H-pyrrole nitrogens is 1. The number of rotatable bonds is 4. The molecule has 1 amide bonds. The summed E-state index contributed by atoms with van der Waals surface area (Å²) in [6, 6.07) is 0.0541. The molecule has 1 aromatic rings. The van der Waals surface area contributed by atoms with E-state index in [1.54, 1.807) is 0 Å². The van der Waals surface area contributed by atoms with Gasteiger partial charge in [-0.15, -0.1) is 0 Å². The van der Waals surface area contributed by atoms with Crippen LogP contribution in [0.2, 0.25) is 5.02 Å². The fraction of sp³-hybridized carbons (Fsp3) is 0.500. The predicted octanol–water partition coefficient (Wildman–Crippen LogP) is 0.105. The van der Waals surface area contributed by atoms with Gasteiger partial charge >= 0.3 is 5.69 Å². The van der Waals surface area contributed by atoms with Crippen molar-refractivity contribution < 1.29 is 4.79 Å². The minimum Gasteiger partial charge on any atom is -0.354 e. The highest BCUT2D eigenvalue weighted by Gasteiger charge is 2.06. The van der Waals surface area contributed by atoms with Crippen LogP contribution in [0.1, 0.15) is 20.3 Å². The molecule has 0 saturated carbocycles. The van der Waals surface area contributed by atoms with E-state index in [0.717, 1.165) is 0 Å². The van der Waals surface area contributed by atoms with E-state index in [4.69, 9.17) is 11.6 Å². The summed E-state index contributed by atoms with van der Waals surface area (Å²) in [5, 5.41) is 2.62. The molecule has 94 valence electrons. The number of amides is 1. The van der Waals surface area contributed by atoms with Gasteiger partial charge in [-0.1, -0.05) is 11.6 Å². The average Bonchev–Trinajstić information content (AvgIpc) is 2.20. The molecule has 6 nitrogen and oxygen atoms in total. The van der Waals surface area contributed by atoms with Crippen molar-refractivity contribution in [2.24, 2.45) is 0 Å². The van der Waals surface area contributed by atoms with Crippen LogP contribution in [0.25, 0.3) is 0 Å². The second kappa shape index (κ2) is 5.67. The molecule has 0 atom stereocenters. The summed E-state index contributed by atoms with van der Waals surface area (Å²) in [4.78, 5) is 35.8. The Morgan fingerprint density at radius 1 is 1.53 bits per heavy atom. The van der Waals surface area contributed by atoms with Crippen LogP contribution in [0.4, 0.5) is 0 Å². The Bertz CT molecular complexity index is 518. The zero-order valence-corrected chi connectivity index (χ0v) is 10.4.